The summed E-state index contributed by atoms with van der Waals surface area (Å²) in [7, 11) is -3.52. The van der Waals surface area contributed by atoms with Crippen LogP contribution in [0.15, 0.2) is 18.2 Å². The van der Waals surface area contributed by atoms with Crippen molar-refractivity contribution in [2.75, 3.05) is 30.2 Å². The molecule has 0 spiro atoms. The van der Waals surface area contributed by atoms with Crippen molar-refractivity contribution < 1.29 is 17.9 Å². The molecule has 1 amide bonds. The zero-order valence-electron chi connectivity index (χ0n) is 12.2. The number of sulfonamides is 1. The van der Waals surface area contributed by atoms with Gasteiger partial charge in [0.15, 0.2) is 6.10 Å². The summed E-state index contributed by atoms with van der Waals surface area (Å²) in [6, 6.07) is 4.75. The van der Waals surface area contributed by atoms with Gasteiger partial charge < -0.3 is 9.64 Å². The van der Waals surface area contributed by atoms with Gasteiger partial charge in [-0.25, -0.2) is 8.42 Å². The molecule has 1 saturated heterocycles. The Bertz CT molecular complexity index is 701. The van der Waals surface area contributed by atoms with Gasteiger partial charge in [0.25, 0.3) is 5.91 Å². The number of carbonyl (C=O) groups excluding carboxylic acids is 1. The summed E-state index contributed by atoms with van der Waals surface area (Å²) in [4.78, 5) is 14.2. The molecule has 1 aromatic carbocycles. The largest absolute Gasteiger partial charge is 0.476 e. The van der Waals surface area contributed by atoms with Crippen molar-refractivity contribution in [3.8, 4) is 5.75 Å². The predicted molar refractivity (Wildman–Crippen MR) is 83.9 cm³/mol. The van der Waals surface area contributed by atoms with Crippen molar-refractivity contribution >= 4 is 33.2 Å². The van der Waals surface area contributed by atoms with Crippen molar-refractivity contribution in [1.82, 2.24) is 4.90 Å². The smallest absolute Gasteiger partial charge is 0.265 e. The lowest BCUT2D eigenvalue weighted by Crippen LogP contribution is -2.51. The highest BCUT2D eigenvalue weighted by molar-refractivity contribution is 7.92. The number of likely N-dealkylation sites (tertiary alicyclic amines) is 1. The topological polar surface area (TPSA) is 66.9 Å². The summed E-state index contributed by atoms with van der Waals surface area (Å²) in [5.74, 6) is 0.199. The maximum Gasteiger partial charge on any atom is 0.265 e. The lowest BCUT2D eigenvalue weighted by Gasteiger charge is -2.35. The summed E-state index contributed by atoms with van der Waals surface area (Å²) in [5.41, 5.74) is 0.375. The number of hydrogen-bond donors (Lipinski definition) is 0. The molecule has 0 radical (unpaired) electrons. The second kappa shape index (κ2) is 5.62. The summed E-state index contributed by atoms with van der Waals surface area (Å²) >= 11 is 5.94. The Kier molecular flexibility index (Phi) is 3.94. The molecule has 120 valence electrons. The fraction of sp³-hybridized carbons (Fsp3) is 0.500. The third-order valence-electron chi connectivity index (χ3n) is 3.88. The van der Waals surface area contributed by atoms with E-state index in [2.05, 4.69) is 0 Å². The van der Waals surface area contributed by atoms with Gasteiger partial charge in [0, 0.05) is 18.1 Å². The summed E-state index contributed by atoms with van der Waals surface area (Å²) in [6.45, 7) is 1.37. The molecule has 2 aliphatic heterocycles. The highest BCUT2D eigenvalue weighted by Gasteiger charge is 2.37. The molecular weight excluding hydrogens is 328 g/mol. The molecule has 1 atom stereocenters. The fourth-order valence-corrected chi connectivity index (χ4v) is 3.88. The van der Waals surface area contributed by atoms with Crippen LogP contribution in [0.2, 0.25) is 5.02 Å². The minimum atomic E-state index is -3.52. The number of carbonyl (C=O) groups is 1. The van der Waals surface area contributed by atoms with E-state index in [-0.39, 0.29) is 12.5 Å². The van der Waals surface area contributed by atoms with Gasteiger partial charge in [-0.1, -0.05) is 11.6 Å². The molecule has 3 rings (SSSR count). The van der Waals surface area contributed by atoms with Crippen molar-refractivity contribution in [2.45, 2.75) is 18.9 Å². The first-order valence-electron chi connectivity index (χ1n) is 7.09. The minimum absolute atomic E-state index is 0.0263. The van der Waals surface area contributed by atoms with Gasteiger partial charge >= 0.3 is 0 Å². The van der Waals surface area contributed by atoms with Gasteiger partial charge in [0.05, 0.1) is 18.5 Å². The number of anilines is 1. The van der Waals surface area contributed by atoms with Crippen LogP contribution < -0.4 is 9.04 Å². The molecule has 0 aromatic heterocycles. The normalized spacial score (nSPS) is 21.5. The standard InChI is InChI=1S/C14H17ClN2O4S/c1-22(19,20)17-9-13(14(18)16-6-2-3-7-16)21-12-5-4-10(15)8-11(12)17/h4-5,8,13H,2-3,6-7,9H2,1H3. The van der Waals surface area contributed by atoms with E-state index in [4.69, 9.17) is 16.3 Å². The number of hydrogen-bond acceptors (Lipinski definition) is 4. The van der Waals surface area contributed by atoms with E-state index < -0.39 is 16.1 Å². The van der Waals surface area contributed by atoms with Gasteiger partial charge in [-0.05, 0) is 31.0 Å². The molecule has 1 fully saturated rings. The third kappa shape index (κ3) is 2.87. The number of ether oxygens (including phenoxy) is 1. The van der Waals surface area contributed by atoms with Crippen LogP contribution in [-0.2, 0) is 14.8 Å². The van der Waals surface area contributed by atoms with Gasteiger partial charge in [0.1, 0.15) is 5.75 Å². The molecule has 6 nitrogen and oxygen atoms in total. The van der Waals surface area contributed by atoms with Crippen LogP contribution in [0.4, 0.5) is 5.69 Å². The predicted octanol–water partition coefficient (Wildman–Crippen LogP) is 1.49. The molecule has 1 aromatic rings. The number of nitrogens with zero attached hydrogens (tertiary/aromatic N) is 2. The Morgan fingerprint density at radius 3 is 2.64 bits per heavy atom. The highest BCUT2D eigenvalue weighted by Crippen LogP contribution is 2.37. The van der Waals surface area contributed by atoms with E-state index in [1.807, 2.05) is 0 Å². The van der Waals surface area contributed by atoms with Crippen LogP contribution in [0.25, 0.3) is 0 Å². The molecular formula is C14H17ClN2O4S. The van der Waals surface area contributed by atoms with Crippen LogP contribution in [0.5, 0.6) is 5.75 Å². The molecule has 0 saturated carbocycles. The summed E-state index contributed by atoms with van der Waals surface area (Å²) in [6.07, 6.45) is 2.24. The fourth-order valence-electron chi connectivity index (χ4n) is 2.81. The molecule has 8 heteroatoms. The first-order valence-corrected chi connectivity index (χ1v) is 9.31. The zero-order chi connectivity index (χ0) is 15.9. The van der Waals surface area contributed by atoms with E-state index in [9.17, 15) is 13.2 Å². The quantitative estimate of drug-likeness (QED) is 0.815. The number of benzene rings is 1. The minimum Gasteiger partial charge on any atom is -0.476 e. The lowest BCUT2D eigenvalue weighted by atomic mass is 10.2. The number of amides is 1. The Balaban J connectivity index is 1.94. The SMILES string of the molecule is CS(=O)(=O)N1CC(C(=O)N2CCCC2)Oc2ccc(Cl)cc21. The Morgan fingerprint density at radius 2 is 2.00 bits per heavy atom. The van der Waals surface area contributed by atoms with E-state index in [0.717, 1.165) is 19.1 Å². The Morgan fingerprint density at radius 1 is 1.32 bits per heavy atom. The number of rotatable bonds is 2. The van der Waals surface area contributed by atoms with E-state index >= 15 is 0 Å². The molecule has 0 bridgehead atoms. The van der Waals surface area contributed by atoms with Gasteiger partial charge in [0.2, 0.25) is 10.0 Å². The lowest BCUT2D eigenvalue weighted by molar-refractivity contribution is -0.137. The zero-order valence-corrected chi connectivity index (χ0v) is 13.7. The van der Waals surface area contributed by atoms with Crippen molar-refractivity contribution in [3.05, 3.63) is 23.2 Å². The maximum atomic E-state index is 12.5. The average molecular weight is 345 g/mol. The molecule has 0 N–H and O–H groups in total. The summed E-state index contributed by atoms with van der Waals surface area (Å²) < 4.78 is 31.0. The van der Waals surface area contributed by atoms with Crippen LogP contribution in [-0.4, -0.2) is 51.2 Å². The van der Waals surface area contributed by atoms with Gasteiger partial charge in [-0.2, -0.15) is 0 Å². The van der Waals surface area contributed by atoms with Crippen LogP contribution in [0, 0.1) is 0 Å². The molecule has 0 aliphatic carbocycles. The number of fused-ring (bicyclic) bond motifs is 1. The monoisotopic (exact) mass is 344 g/mol. The van der Waals surface area contributed by atoms with Crippen LogP contribution in [0.1, 0.15) is 12.8 Å². The molecule has 2 aliphatic rings. The van der Waals surface area contributed by atoms with E-state index in [1.165, 1.54) is 10.4 Å². The maximum absolute atomic E-state index is 12.5. The van der Waals surface area contributed by atoms with Crippen molar-refractivity contribution in [1.29, 1.82) is 0 Å². The van der Waals surface area contributed by atoms with Crippen LogP contribution >= 0.6 is 11.6 Å². The van der Waals surface area contributed by atoms with Gasteiger partial charge in [-0.3, -0.25) is 9.10 Å². The second-order valence-corrected chi connectivity index (χ2v) is 7.89. The average Bonchev–Trinajstić information content (AvgIpc) is 2.98. The molecule has 22 heavy (non-hydrogen) atoms. The van der Waals surface area contributed by atoms with E-state index in [1.54, 1.807) is 17.0 Å². The second-order valence-electron chi connectivity index (χ2n) is 5.55. The van der Waals surface area contributed by atoms with Crippen molar-refractivity contribution in [3.63, 3.8) is 0 Å². The first kappa shape index (κ1) is 15.4. The van der Waals surface area contributed by atoms with Gasteiger partial charge in [-0.15, -0.1) is 0 Å². The Labute approximate surface area is 134 Å². The molecule has 2 heterocycles. The summed E-state index contributed by atoms with van der Waals surface area (Å²) in [5, 5.41) is 0.417. The first-order chi connectivity index (χ1) is 10.4. The third-order valence-corrected chi connectivity index (χ3v) is 5.27. The van der Waals surface area contributed by atoms with E-state index in [0.29, 0.717) is 29.5 Å². The molecule has 1 unspecified atom stereocenters. The highest BCUT2D eigenvalue weighted by atomic mass is 35.5. The Hall–Kier alpha value is -1.47. The number of halogens is 1. The van der Waals surface area contributed by atoms with Crippen molar-refractivity contribution in [2.24, 2.45) is 0 Å². The van der Waals surface area contributed by atoms with Crippen LogP contribution in [0.3, 0.4) is 0 Å².